The van der Waals surface area contributed by atoms with Crippen LogP contribution in [-0.2, 0) is 0 Å². The van der Waals surface area contributed by atoms with Crippen LogP contribution in [0.1, 0.15) is 20.3 Å². The van der Waals surface area contributed by atoms with Crippen molar-refractivity contribution < 1.29 is 9.84 Å². The molecule has 18 heavy (non-hydrogen) atoms. The maximum Gasteiger partial charge on any atom is 0.142 e. The smallest absolute Gasteiger partial charge is 0.142 e. The van der Waals surface area contributed by atoms with E-state index in [0.29, 0.717) is 23.8 Å². The highest BCUT2D eigenvalue weighted by molar-refractivity contribution is 7.99. The number of thioether (sulfide) groups is 1. The summed E-state index contributed by atoms with van der Waals surface area (Å²) >= 11 is 1.77. The normalized spacial score (nSPS) is 12.7. The van der Waals surface area contributed by atoms with Crippen LogP contribution in [0.3, 0.4) is 0 Å². The van der Waals surface area contributed by atoms with Crippen LogP contribution in [0.5, 0.6) is 5.75 Å². The Morgan fingerprint density at radius 1 is 1.33 bits per heavy atom. The van der Waals surface area contributed by atoms with Gasteiger partial charge in [0, 0.05) is 5.75 Å². The maximum absolute atomic E-state index is 9.78. The third kappa shape index (κ3) is 6.17. The van der Waals surface area contributed by atoms with Crippen LogP contribution in [0.15, 0.2) is 24.3 Å². The fourth-order valence-electron chi connectivity index (χ4n) is 1.38. The van der Waals surface area contributed by atoms with Gasteiger partial charge in [-0.1, -0.05) is 26.0 Å². The fraction of sp³-hybridized carbons (Fsp3) is 0.571. The van der Waals surface area contributed by atoms with Crippen LogP contribution in [0.4, 0.5) is 5.69 Å². The number of rotatable bonds is 8. The molecular formula is C14H23NO2S. The lowest BCUT2D eigenvalue weighted by Crippen LogP contribution is -2.20. The van der Waals surface area contributed by atoms with Gasteiger partial charge in [-0.2, -0.15) is 11.8 Å². The molecule has 0 saturated heterocycles. The molecule has 1 aromatic rings. The lowest BCUT2D eigenvalue weighted by atomic mass is 10.2. The molecule has 3 N–H and O–H groups in total. The molecule has 3 nitrogen and oxygen atoms in total. The standard InChI is InChI=1S/C14H23NO2S/c1-11(2)7-8-18-10-12(16)9-17-14-6-4-3-5-13(14)15/h3-6,11-12,16H,7-10,15H2,1-2H3. The van der Waals surface area contributed by atoms with E-state index in [1.54, 1.807) is 17.8 Å². The van der Waals surface area contributed by atoms with Crippen molar-refractivity contribution in [2.45, 2.75) is 26.4 Å². The van der Waals surface area contributed by atoms with Crippen LogP contribution in [-0.4, -0.2) is 29.3 Å². The van der Waals surface area contributed by atoms with Gasteiger partial charge in [0.1, 0.15) is 12.4 Å². The molecule has 0 amide bonds. The second-order valence-electron chi connectivity index (χ2n) is 4.76. The minimum absolute atomic E-state index is 0.295. The highest BCUT2D eigenvalue weighted by Gasteiger charge is 2.07. The fourth-order valence-corrected chi connectivity index (χ4v) is 2.56. The van der Waals surface area contributed by atoms with Crippen LogP contribution in [0.2, 0.25) is 0 Å². The highest BCUT2D eigenvalue weighted by Crippen LogP contribution is 2.20. The number of para-hydroxylation sites is 2. The Kier molecular flexibility index (Phi) is 6.98. The van der Waals surface area contributed by atoms with Crippen molar-refractivity contribution in [1.29, 1.82) is 0 Å². The van der Waals surface area contributed by atoms with Gasteiger partial charge in [0.15, 0.2) is 0 Å². The predicted molar refractivity (Wildman–Crippen MR) is 79.1 cm³/mol. The molecule has 0 aliphatic heterocycles. The average Bonchev–Trinajstić information content (AvgIpc) is 2.33. The van der Waals surface area contributed by atoms with E-state index in [-0.39, 0.29) is 0 Å². The number of anilines is 1. The molecule has 0 heterocycles. The molecule has 4 heteroatoms. The van der Waals surface area contributed by atoms with Gasteiger partial charge in [0.25, 0.3) is 0 Å². The van der Waals surface area contributed by atoms with Crippen molar-refractivity contribution in [2.24, 2.45) is 5.92 Å². The summed E-state index contributed by atoms with van der Waals surface area (Å²) in [6.45, 7) is 4.71. The van der Waals surface area contributed by atoms with E-state index in [1.165, 1.54) is 6.42 Å². The molecule has 0 radical (unpaired) electrons. The Morgan fingerprint density at radius 3 is 2.72 bits per heavy atom. The van der Waals surface area contributed by atoms with E-state index in [0.717, 1.165) is 11.7 Å². The molecular weight excluding hydrogens is 246 g/mol. The number of benzene rings is 1. The number of aliphatic hydroxyl groups is 1. The topological polar surface area (TPSA) is 55.5 Å². The Bertz CT molecular complexity index is 344. The number of nitrogen functional groups attached to an aromatic ring is 1. The van der Waals surface area contributed by atoms with E-state index >= 15 is 0 Å². The second-order valence-corrected chi connectivity index (χ2v) is 5.91. The molecule has 0 aliphatic rings. The zero-order chi connectivity index (χ0) is 13.4. The minimum atomic E-state index is -0.443. The van der Waals surface area contributed by atoms with Gasteiger partial charge in [-0.15, -0.1) is 0 Å². The van der Waals surface area contributed by atoms with Crippen molar-refractivity contribution in [3.8, 4) is 5.75 Å². The highest BCUT2D eigenvalue weighted by atomic mass is 32.2. The van der Waals surface area contributed by atoms with Gasteiger partial charge in [0.2, 0.25) is 0 Å². The zero-order valence-corrected chi connectivity index (χ0v) is 12.0. The first-order valence-electron chi connectivity index (χ1n) is 6.32. The lowest BCUT2D eigenvalue weighted by Gasteiger charge is -2.13. The summed E-state index contributed by atoms with van der Waals surface area (Å²) in [6.07, 6.45) is 0.742. The average molecular weight is 269 g/mol. The number of hydrogen-bond acceptors (Lipinski definition) is 4. The number of nitrogens with two attached hydrogens (primary N) is 1. The first kappa shape index (κ1) is 15.2. The Hall–Kier alpha value is -0.870. The molecule has 1 unspecified atom stereocenters. The number of hydrogen-bond donors (Lipinski definition) is 2. The van der Waals surface area contributed by atoms with Crippen molar-refractivity contribution in [2.75, 3.05) is 23.8 Å². The van der Waals surface area contributed by atoms with Crippen molar-refractivity contribution in [1.82, 2.24) is 0 Å². The summed E-state index contributed by atoms with van der Waals surface area (Å²) in [5.41, 5.74) is 6.36. The van der Waals surface area contributed by atoms with E-state index in [9.17, 15) is 5.11 Å². The Labute approximate surface area is 114 Å². The maximum atomic E-state index is 9.78. The Morgan fingerprint density at radius 2 is 2.06 bits per heavy atom. The van der Waals surface area contributed by atoms with Gasteiger partial charge in [0.05, 0.1) is 11.8 Å². The van der Waals surface area contributed by atoms with Gasteiger partial charge >= 0.3 is 0 Å². The van der Waals surface area contributed by atoms with Crippen molar-refractivity contribution in [3.05, 3.63) is 24.3 Å². The molecule has 0 aliphatic carbocycles. The van der Waals surface area contributed by atoms with E-state index < -0.39 is 6.10 Å². The quantitative estimate of drug-likeness (QED) is 0.563. The molecule has 1 atom stereocenters. The van der Waals surface area contributed by atoms with Crippen LogP contribution in [0, 0.1) is 5.92 Å². The molecule has 1 rings (SSSR count). The molecule has 0 fully saturated rings. The van der Waals surface area contributed by atoms with Gasteiger partial charge in [-0.25, -0.2) is 0 Å². The van der Waals surface area contributed by atoms with Crippen LogP contribution in [0.25, 0.3) is 0 Å². The van der Waals surface area contributed by atoms with Crippen LogP contribution < -0.4 is 10.5 Å². The first-order chi connectivity index (χ1) is 8.59. The largest absolute Gasteiger partial charge is 0.489 e. The summed E-state index contributed by atoms with van der Waals surface area (Å²) in [7, 11) is 0. The Balaban J connectivity index is 2.17. The lowest BCUT2D eigenvalue weighted by molar-refractivity contribution is 0.127. The molecule has 0 bridgehead atoms. The number of aliphatic hydroxyl groups excluding tert-OH is 1. The summed E-state index contributed by atoms with van der Waals surface area (Å²) in [6, 6.07) is 7.34. The minimum Gasteiger partial charge on any atom is -0.489 e. The van der Waals surface area contributed by atoms with E-state index in [1.807, 2.05) is 18.2 Å². The van der Waals surface area contributed by atoms with Crippen molar-refractivity contribution >= 4 is 17.4 Å². The first-order valence-corrected chi connectivity index (χ1v) is 7.48. The van der Waals surface area contributed by atoms with Gasteiger partial charge in [-0.3, -0.25) is 0 Å². The molecule has 0 aromatic heterocycles. The summed E-state index contributed by atoms with van der Waals surface area (Å²) in [4.78, 5) is 0. The zero-order valence-electron chi connectivity index (χ0n) is 11.1. The van der Waals surface area contributed by atoms with E-state index in [2.05, 4.69) is 13.8 Å². The van der Waals surface area contributed by atoms with E-state index in [4.69, 9.17) is 10.5 Å². The summed E-state index contributed by atoms with van der Waals surface area (Å²) in [5.74, 6) is 3.15. The molecule has 1 aromatic carbocycles. The summed E-state index contributed by atoms with van der Waals surface area (Å²) < 4.78 is 5.49. The van der Waals surface area contributed by atoms with Gasteiger partial charge < -0.3 is 15.6 Å². The van der Waals surface area contributed by atoms with Gasteiger partial charge in [-0.05, 0) is 30.2 Å². The SMILES string of the molecule is CC(C)CCSCC(O)COc1ccccc1N. The monoisotopic (exact) mass is 269 g/mol. The molecule has 102 valence electrons. The third-order valence-electron chi connectivity index (χ3n) is 2.50. The van der Waals surface area contributed by atoms with Crippen LogP contribution >= 0.6 is 11.8 Å². The predicted octanol–water partition coefficient (Wildman–Crippen LogP) is 2.79. The summed E-state index contributed by atoms with van der Waals surface area (Å²) in [5, 5.41) is 9.78. The number of ether oxygens (including phenoxy) is 1. The second kappa shape index (κ2) is 8.27. The molecule has 0 saturated carbocycles. The van der Waals surface area contributed by atoms with Crippen molar-refractivity contribution in [3.63, 3.8) is 0 Å². The molecule has 0 spiro atoms. The third-order valence-corrected chi connectivity index (χ3v) is 3.64.